The molecule has 5 heteroatoms. The molecule has 1 aromatic heterocycles. The largest absolute Gasteiger partial charge is 0.410 e. The minimum atomic E-state index is -2.06. The average Bonchev–Trinajstić information content (AvgIpc) is 3.31. The molecule has 2 aromatic rings. The van der Waals surface area contributed by atoms with Gasteiger partial charge < -0.3 is 9.53 Å². The molecule has 35 heavy (non-hydrogen) atoms. The van der Waals surface area contributed by atoms with Gasteiger partial charge in [0.05, 0.1) is 12.7 Å². The number of halogens is 1. The summed E-state index contributed by atoms with van der Waals surface area (Å²) in [6.45, 7) is 11.5. The Hall–Kier alpha value is -1.56. The molecule has 0 aliphatic heterocycles. The minimum Gasteiger partial charge on any atom is -0.410 e. The van der Waals surface area contributed by atoms with Crippen LogP contribution in [0, 0.1) is 11.2 Å². The molecule has 0 amide bonds. The number of aliphatic hydroxyl groups is 1. The third-order valence-corrected chi connectivity index (χ3v) is 14.1. The van der Waals surface area contributed by atoms with Gasteiger partial charge >= 0.3 is 0 Å². The summed E-state index contributed by atoms with van der Waals surface area (Å²) >= 11 is 0. The first-order valence-corrected chi connectivity index (χ1v) is 16.5. The van der Waals surface area contributed by atoms with Gasteiger partial charge in [-0.2, -0.15) is 0 Å². The first-order chi connectivity index (χ1) is 16.5. The van der Waals surface area contributed by atoms with Crippen LogP contribution in [-0.4, -0.2) is 18.4 Å². The molecule has 3 nitrogen and oxygen atoms in total. The lowest BCUT2D eigenvalue weighted by molar-refractivity contribution is 0.0302. The average molecular weight is 496 g/mol. The van der Waals surface area contributed by atoms with Crippen LogP contribution in [0.3, 0.4) is 0 Å². The van der Waals surface area contributed by atoms with E-state index in [-0.39, 0.29) is 23.6 Å². The summed E-state index contributed by atoms with van der Waals surface area (Å²) in [7, 11) is -2.06. The van der Waals surface area contributed by atoms with Crippen LogP contribution < -0.4 is 0 Å². The van der Waals surface area contributed by atoms with E-state index in [9.17, 15) is 9.50 Å². The van der Waals surface area contributed by atoms with E-state index >= 15 is 0 Å². The molecule has 2 saturated carbocycles. The zero-order valence-electron chi connectivity index (χ0n) is 22.2. The van der Waals surface area contributed by atoms with Crippen molar-refractivity contribution in [2.24, 2.45) is 5.41 Å². The zero-order valence-corrected chi connectivity index (χ0v) is 23.2. The third kappa shape index (κ3) is 4.53. The standard InChI is InChI=1S/C30H42FNO2Si/c1-29(2,3)35(4,5)34-25-18-30(15-8-16-30)17-24-27(25)26(20-11-13-22(31)14-12-20)23(19-33)28(32-24)21-9-6-7-10-21/h11-14,21,25,33H,6-10,15-19H2,1-5H3. The monoisotopic (exact) mass is 495 g/mol. The van der Waals surface area contributed by atoms with Gasteiger partial charge in [0.15, 0.2) is 8.32 Å². The Morgan fingerprint density at radius 3 is 2.29 bits per heavy atom. The Bertz CT molecular complexity index is 1080. The Balaban J connectivity index is 1.74. The first kappa shape index (κ1) is 25.1. The second-order valence-electron chi connectivity index (χ2n) is 13.0. The van der Waals surface area contributed by atoms with E-state index < -0.39 is 8.32 Å². The normalized spacial score (nSPS) is 22.3. The Morgan fingerprint density at radius 2 is 1.74 bits per heavy atom. The van der Waals surface area contributed by atoms with Gasteiger partial charge in [-0.15, -0.1) is 0 Å². The predicted molar refractivity (Wildman–Crippen MR) is 142 cm³/mol. The smallest absolute Gasteiger partial charge is 0.192 e. The van der Waals surface area contributed by atoms with E-state index in [1.807, 2.05) is 12.1 Å². The van der Waals surface area contributed by atoms with E-state index in [1.54, 1.807) is 12.1 Å². The van der Waals surface area contributed by atoms with Crippen molar-refractivity contribution in [1.29, 1.82) is 0 Å². The number of aromatic nitrogens is 1. The Labute approximate surface area is 211 Å². The summed E-state index contributed by atoms with van der Waals surface area (Å²) in [4.78, 5) is 5.39. The quantitative estimate of drug-likeness (QED) is 0.425. The molecule has 1 aromatic carbocycles. The first-order valence-electron chi connectivity index (χ1n) is 13.6. The van der Waals surface area contributed by atoms with Gasteiger partial charge in [-0.1, -0.05) is 52.2 Å². The highest BCUT2D eigenvalue weighted by Gasteiger charge is 2.49. The zero-order chi connectivity index (χ0) is 25.0. The lowest BCUT2D eigenvalue weighted by atomic mass is 9.59. The molecule has 3 aliphatic carbocycles. The van der Waals surface area contributed by atoms with Crippen molar-refractivity contribution in [3.05, 3.63) is 52.6 Å². The third-order valence-electron chi connectivity index (χ3n) is 9.62. The second kappa shape index (κ2) is 9.07. The van der Waals surface area contributed by atoms with E-state index in [0.717, 1.165) is 48.1 Å². The molecule has 1 spiro atoms. The molecule has 2 fully saturated rings. The van der Waals surface area contributed by atoms with Crippen LogP contribution in [0.4, 0.5) is 4.39 Å². The number of nitrogens with zero attached hydrogens (tertiary/aromatic N) is 1. The maximum absolute atomic E-state index is 14.0. The number of benzene rings is 1. The van der Waals surface area contributed by atoms with Crippen LogP contribution in [0.5, 0.6) is 0 Å². The predicted octanol–water partition coefficient (Wildman–Crippen LogP) is 8.22. The highest BCUT2D eigenvalue weighted by molar-refractivity contribution is 6.74. The molecular formula is C30H42FNO2Si. The van der Waals surface area contributed by atoms with Gasteiger partial charge in [-0.3, -0.25) is 4.98 Å². The van der Waals surface area contributed by atoms with Crippen molar-refractivity contribution in [3.63, 3.8) is 0 Å². The lowest BCUT2D eigenvalue weighted by Gasteiger charge is -2.51. The van der Waals surface area contributed by atoms with Gasteiger partial charge in [0.25, 0.3) is 0 Å². The molecule has 1 unspecified atom stereocenters. The number of aliphatic hydroxyl groups excluding tert-OH is 1. The fraction of sp³-hybridized carbons (Fsp3) is 0.633. The van der Waals surface area contributed by atoms with Crippen LogP contribution in [0.1, 0.15) is 107 Å². The summed E-state index contributed by atoms with van der Waals surface area (Å²) < 4.78 is 21.1. The molecular weight excluding hydrogens is 453 g/mol. The van der Waals surface area contributed by atoms with E-state index in [0.29, 0.717) is 11.3 Å². The molecule has 1 heterocycles. The Kier molecular flexibility index (Phi) is 6.51. The molecule has 1 N–H and O–H groups in total. The van der Waals surface area contributed by atoms with Crippen molar-refractivity contribution in [1.82, 2.24) is 4.98 Å². The molecule has 0 bridgehead atoms. The van der Waals surface area contributed by atoms with Crippen molar-refractivity contribution in [2.45, 2.75) is 115 Å². The minimum absolute atomic E-state index is 0.0320. The molecule has 0 saturated heterocycles. The van der Waals surface area contributed by atoms with Crippen molar-refractivity contribution < 1.29 is 13.9 Å². The van der Waals surface area contributed by atoms with Crippen LogP contribution in [0.2, 0.25) is 18.1 Å². The molecule has 0 radical (unpaired) electrons. The van der Waals surface area contributed by atoms with Crippen LogP contribution in [0.15, 0.2) is 24.3 Å². The molecule has 190 valence electrons. The number of fused-ring (bicyclic) bond motifs is 1. The van der Waals surface area contributed by atoms with Gasteiger partial charge in [0, 0.05) is 28.4 Å². The number of hydrogen-bond donors (Lipinski definition) is 1. The van der Waals surface area contributed by atoms with Gasteiger partial charge in [0.2, 0.25) is 0 Å². The SMILES string of the molecule is CC(C)(C)[Si](C)(C)OC1CC2(CCC2)Cc2nc(C3CCCC3)c(CO)c(-c3ccc(F)cc3)c21. The van der Waals surface area contributed by atoms with Crippen molar-refractivity contribution in [3.8, 4) is 11.1 Å². The lowest BCUT2D eigenvalue weighted by Crippen LogP contribution is -2.46. The van der Waals surface area contributed by atoms with E-state index in [1.165, 1.54) is 43.4 Å². The molecule has 3 aliphatic rings. The summed E-state index contributed by atoms with van der Waals surface area (Å²) in [5.41, 5.74) is 6.71. The number of pyridine rings is 1. The summed E-state index contributed by atoms with van der Waals surface area (Å²) in [5, 5.41) is 10.8. The van der Waals surface area contributed by atoms with E-state index in [4.69, 9.17) is 9.41 Å². The van der Waals surface area contributed by atoms with Gasteiger partial charge in [-0.25, -0.2) is 4.39 Å². The second-order valence-corrected chi connectivity index (χ2v) is 17.7. The maximum atomic E-state index is 14.0. The van der Waals surface area contributed by atoms with E-state index in [2.05, 4.69) is 33.9 Å². The highest BCUT2D eigenvalue weighted by Crippen LogP contribution is 2.57. The maximum Gasteiger partial charge on any atom is 0.192 e. The summed E-state index contributed by atoms with van der Waals surface area (Å²) in [6.07, 6.45) is 10.5. The van der Waals surface area contributed by atoms with Crippen LogP contribution >= 0.6 is 0 Å². The van der Waals surface area contributed by atoms with Gasteiger partial charge in [-0.05, 0) is 85.3 Å². The van der Waals surface area contributed by atoms with Crippen LogP contribution in [-0.2, 0) is 17.5 Å². The summed E-state index contributed by atoms with van der Waals surface area (Å²) in [5.74, 6) is 0.168. The Morgan fingerprint density at radius 1 is 1.09 bits per heavy atom. The summed E-state index contributed by atoms with van der Waals surface area (Å²) in [6, 6.07) is 6.83. The number of hydrogen-bond acceptors (Lipinski definition) is 3. The molecule has 5 rings (SSSR count). The fourth-order valence-corrected chi connectivity index (χ4v) is 7.71. The molecule has 1 atom stereocenters. The fourth-order valence-electron chi connectivity index (χ4n) is 6.45. The van der Waals surface area contributed by atoms with Crippen LogP contribution in [0.25, 0.3) is 11.1 Å². The topological polar surface area (TPSA) is 42.4 Å². The van der Waals surface area contributed by atoms with Crippen molar-refractivity contribution in [2.75, 3.05) is 0 Å². The number of rotatable bonds is 5. The van der Waals surface area contributed by atoms with Gasteiger partial charge in [0.1, 0.15) is 5.82 Å². The highest BCUT2D eigenvalue weighted by atomic mass is 28.4. The van der Waals surface area contributed by atoms with Crippen molar-refractivity contribution >= 4 is 8.32 Å².